The number of hydrogen-bond donors (Lipinski definition) is 2. The normalized spacial score (nSPS) is 12.2. The molecule has 128 valence electrons. The van der Waals surface area contributed by atoms with Crippen molar-refractivity contribution in [2.45, 2.75) is 12.3 Å². The summed E-state index contributed by atoms with van der Waals surface area (Å²) in [5, 5.41) is 11.7. The third-order valence-corrected chi connectivity index (χ3v) is 4.51. The molecule has 0 saturated carbocycles. The Labute approximate surface area is 150 Å². The van der Waals surface area contributed by atoms with Crippen LogP contribution in [0.15, 0.2) is 78.0 Å². The van der Waals surface area contributed by atoms with Gasteiger partial charge in [0.15, 0.2) is 0 Å². The van der Waals surface area contributed by atoms with Crippen molar-refractivity contribution in [1.29, 1.82) is 0 Å². The topological polar surface area (TPSA) is 78.9 Å². The molecular formula is C21H17N3O2. The number of nitrogens with one attached hydrogen (secondary N) is 1. The van der Waals surface area contributed by atoms with E-state index in [9.17, 15) is 9.90 Å². The fraction of sp³-hybridized carbons (Fsp3) is 0.0952. The Morgan fingerprint density at radius 1 is 1.00 bits per heavy atom. The molecule has 1 aromatic carbocycles. The van der Waals surface area contributed by atoms with E-state index < -0.39 is 0 Å². The molecule has 26 heavy (non-hydrogen) atoms. The first-order chi connectivity index (χ1) is 12.7. The maximum atomic E-state index is 11.7. The number of H-pyrrole nitrogens is 1. The van der Waals surface area contributed by atoms with Crippen LogP contribution in [0, 0.1) is 0 Å². The largest absolute Gasteiger partial charge is 0.505 e. The first-order valence-electron chi connectivity index (χ1n) is 8.37. The molecule has 2 N–H and O–H groups in total. The zero-order valence-corrected chi connectivity index (χ0v) is 14.0. The van der Waals surface area contributed by atoms with E-state index >= 15 is 0 Å². The summed E-state index contributed by atoms with van der Waals surface area (Å²) in [6.45, 7) is 0. The summed E-state index contributed by atoms with van der Waals surface area (Å²) in [4.78, 5) is 23.1. The molecule has 1 atom stereocenters. The third kappa shape index (κ3) is 3.07. The minimum absolute atomic E-state index is 0.0879. The molecule has 4 aromatic rings. The van der Waals surface area contributed by atoms with Crippen LogP contribution < -0.4 is 5.56 Å². The average Bonchev–Trinajstić information content (AvgIpc) is 2.69. The number of fused-ring (bicyclic) bond motifs is 1. The van der Waals surface area contributed by atoms with E-state index in [0.29, 0.717) is 11.9 Å². The van der Waals surface area contributed by atoms with E-state index in [0.717, 1.165) is 22.2 Å². The number of phenols is 1. The SMILES string of the molecule is O=c1ccc2ccc(C(Cc3ccccn3)c3cccnc3)c(O)c2[nH]1. The van der Waals surface area contributed by atoms with E-state index in [2.05, 4.69) is 15.0 Å². The van der Waals surface area contributed by atoms with Gasteiger partial charge in [0.25, 0.3) is 0 Å². The Bertz CT molecular complexity index is 1090. The molecule has 0 radical (unpaired) electrons. The standard InChI is InChI=1S/C21H17N3O2/c25-19-9-7-14-6-8-17(21(26)20(14)24-19)18(15-4-3-10-22-13-15)12-16-5-1-2-11-23-16/h1-11,13,18,26H,12H2,(H,24,25). The molecule has 0 fully saturated rings. The number of pyridine rings is 3. The van der Waals surface area contributed by atoms with Crippen molar-refractivity contribution in [3.05, 3.63) is 100 Å². The van der Waals surface area contributed by atoms with Gasteiger partial charge in [0, 0.05) is 53.6 Å². The van der Waals surface area contributed by atoms with Gasteiger partial charge in [-0.25, -0.2) is 0 Å². The number of rotatable bonds is 4. The minimum Gasteiger partial charge on any atom is -0.505 e. The molecular weight excluding hydrogens is 326 g/mol. The third-order valence-electron chi connectivity index (χ3n) is 4.51. The van der Waals surface area contributed by atoms with Crippen LogP contribution in [0.5, 0.6) is 5.75 Å². The zero-order chi connectivity index (χ0) is 17.9. The summed E-state index contributed by atoms with van der Waals surface area (Å²) in [5.74, 6) is -0.0447. The molecule has 0 saturated heterocycles. The molecule has 0 spiro atoms. The Morgan fingerprint density at radius 3 is 2.65 bits per heavy atom. The molecule has 5 heteroatoms. The lowest BCUT2D eigenvalue weighted by Crippen LogP contribution is -2.08. The first-order valence-corrected chi connectivity index (χ1v) is 8.37. The number of aromatic amines is 1. The second-order valence-electron chi connectivity index (χ2n) is 6.15. The van der Waals surface area contributed by atoms with Crippen molar-refractivity contribution in [2.75, 3.05) is 0 Å². The molecule has 4 rings (SSSR count). The minimum atomic E-state index is -0.243. The van der Waals surface area contributed by atoms with Crippen molar-refractivity contribution in [3.8, 4) is 5.75 Å². The highest BCUT2D eigenvalue weighted by atomic mass is 16.3. The lowest BCUT2D eigenvalue weighted by Gasteiger charge is -2.19. The number of phenolic OH excluding ortho intramolecular Hbond substituents is 1. The van der Waals surface area contributed by atoms with E-state index in [1.165, 1.54) is 6.07 Å². The number of nitrogens with zero attached hydrogens (tertiary/aromatic N) is 2. The summed E-state index contributed by atoms with van der Waals surface area (Å²) in [5.41, 5.74) is 2.84. The highest BCUT2D eigenvalue weighted by molar-refractivity contribution is 5.85. The molecule has 0 bridgehead atoms. The smallest absolute Gasteiger partial charge is 0.248 e. The van der Waals surface area contributed by atoms with E-state index in [4.69, 9.17) is 0 Å². The number of aromatic hydroxyl groups is 1. The van der Waals surface area contributed by atoms with E-state index in [1.807, 2.05) is 42.5 Å². The lowest BCUT2D eigenvalue weighted by molar-refractivity contribution is 0.469. The molecule has 0 aliphatic rings. The fourth-order valence-corrected chi connectivity index (χ4v) is 3.22. The van der Waals surface area contributed by atoms with Gasteiger partial charge in [-0.1, -0.05) is 24.3 Å². The van der Waals surface area contributed by atoms with Gasteiger partial charge >= 0.3 is 0 Å². The van der Waals surface area contributed by atoms with Crippen LogP contribution in [-0.4, -0.2) is 20.1 Å². The molecule has 3 aromatic heterocycles. The molecule has 5 nitrogen and oxygen atoms in total. The van der Waals surface area contributed by atoms with Gasteiger partial charge in [-0.2, -0.15) is 0 Å². The monoisotopic (exact) mass is 343 g/mol. The van der Waals surface area contributed by atoms with Crippen LogP contribution in [0.2, 0.25) is 0 Å². The van der Waals surface area contributed by atoms with Gasteiger partial charge in [-0.3, -0.25) is 14.8 Å². The maximum absolute atomic E-state index is 11.7. The summed E-state index contributed by atoms with van der Waals surface area (Å²) >= 11 is 0. The Morgan fingerprint density at radius 2 is 1.88 bits per heavy atom. The van der Waals surface area contributed by atoms with Crippen LogP contribution in [0.3, 0.4) is 0 Å². The van der Waals surface area contributed by atoms with Gasteiger partial charge < -0.3 is 10.1 Å². The van der Waals surface area contributed by atoms with Gasteiger partial charge in [-0.05, 0) is 29.8 Å². The molecule has 0 amide bonds. The number of aromatic nitrogens is 3. The quantitative estimate of drug-likeness (QED) is 0.595. The maximum Gasteiger partial charge on any atom is 0.248 e. The molecule has 1 unspecified atom stereocenters. The van der Waals surface area contributed by atoms with Gasteiger partial charge in [0.2, 0.25) is 5.56 Å². The average molecular weight is 343 g/mol. The van der Waals surface area contributed by atoms with Crippen molar-refractivity contribution in [1.82, 2.24) is 15.0 Å². The highest BCUT2D eigenvalue weighted by Crippen LogP contribution is 2.36. The second-order valence-corrected chi connectivity index (χ2v) is 6.15. The lowest BCUT2D eigenvalue weighted by atomic mass is 9.87. The van der Waals surface area contributed by atoms with Crippen LogP contribution in [0.25, 0.3) is 10.9 Å². The van der Waals surface area contributed by atoms with Crippen LogP contribution in [0.4, 0.5) is 0 Å². The van der Waals surface area contributed by atoms with Crippen LogP contribution in [-0.2, 0) is 6.42 Å². The predicted octanol–water partition coefficient (Wildman–Crippen LogP) is 3.40. The van der Waals surface area contributed by atoms with Crippen LogP contribution >= 0.6 is 0 Å². The van der Waals surface area contributed by atoms with Crippen molar-refractivity contribution >= 4 is 10.9 Å². The summed E-state index contributed by atoms with van der Waals surface area (Å²) in [6.07, 6.45) is 5.89. The number of hydrogen-bond acceptors (Lipinski definition) is 4. The van der Waals surface area contributed by atoms with Crippen molar-refractivity contribution < 1.29 is 5.11 Å². The first kappa shape index (κ1) is 16.0. The van der Waals surface area contributed by atoms with Crippen molar-refractivity contribution in [2.24, 2.45) is 0 Å². The Balaban J connectivity index is 1.87. The van der Waals surface area contributed by atoms with E-state index in [-0.39, 0.29) is 17.2 Å². The summed E-state index contributed by atoms with van der Waals surface area (Å²) in [7, 11) is 0. The summed E-state index contributed by atoms with van der Waals surface area (Å²) < 4.78 is 0. The fourth-order valence-electron chi connectivity index (χ4n) is 3.22. The number of benzene rings is 1. The highest BCUT2D eigenvalue weighted by Gasteiger charge is 2.21. The summed E-state index contributed by atoms with van der Waals surface area (Å²) in [6, 6.07) is 16.6. The zero-order valence-electron chi connectivity index (χ0n) is 14.0. The van der Waals surface area contributed by atoms with Crippen molar-refractivity contribution in [3.63, 3.8) is 0 Å². The second kappa shape index (κ2) is 6.80. The van der Waals surface area contributed by atoms with Gasteiger partial charge in [0.05, 0.1) is 5.52 Å². The van der Waals surface area contributed by atoms with Gasteiger partial charge in [0.1, 0.15) is 5.75 Å². The van der Waals surface area contributed by atoms with E-state index in [1.54, 1.807) is 24.7 Å². The Hall–Kier alpha value is -3.47. The molecule has 0 aliphatic heterocycles. The Kier molecular flexibility index (Phi) is 4.19. The van der Waals surface area contributed by atoms with Crippen LogP contribution in [0.1, 0.15) is 22.7 Å². The van der Waals surface area contributed by atoms with Gasteiger partial charge in [-0.15, -0.1) is 0 Å². The predicted molar refractivity (Wildman–Crippen MR) is 100 cm³/mol. The molecule has 3 heterocycles. The molecule has 0 aliphatic carbocycles.